The number of thiazole rings is 1. The van der Waals surface area contributed by atoms with E-state index in [0.29, 0.717) is 26.2 Å². The topological polar surface area (TPSA) is 80.9 Å². The van der Waals surface area contributed by atoms with Crippen molar-refractivity contribution in [1.29, 1.82) is 0 Å². The molecule has 29 heavy (non-hydrogen) atoms. The Balaban J connectivity index is 1.96. The van der Waals surface area contributed by atoms with Crippen LogP contribution in [-0.2, 0) is 9.53 Å². The number of thiophene rings is 1. The number of esters is 1. The van der Waals surface area contributed by atoms with Crippen LogP contribution in [-0.4, -0.2) is 22.2 Å². The fourth-order valence-corrected chi connectivity index (χ4v) is 5.12. The fraction of sp³-hybridized carbons (Fsp3) is 0.190. The van der Waals surface area contributed by atoms with Gasteiger partial charge in [0, 0.05) is 10.4 Å². The van der Waals surface area contributed by atoms with E-state index in [1.807, 2.05) is 17.5 Å². The van der Waals surface area contributed by atoms with Gasteiger partial charge in [-0.3, -0.25) is 9.36 Å². The molecular weight excluding hydrogens is 408 g/mol. The molecule has 6 nitrogen and oxygen atoms in total. The number of fused-ring (bicyclic) bond motifs is 1. The van der Waals surface area contributed by atoms with Gasteiger partial charge < -0.3 is 9.84 Å². The van der Waals surface area contributed by atoms with Crippen molar-refractivity contribution in [3.63, 3.8) is 0 Å². The van der Waals surface area contributed by atoms with Gasteiger partial charge in [-0.1, -0.05) is 35.6 Å². The van der Waals surface area contributed by atoms with Crippen molar-refractivity contribution in [1.82, 2.24) is 4.57 Å². The van der Waals surface area contributed by atoms with Gasteiger partial charge in [-0.05, 0) is 37.4 Å². The minimum atomic E-state index is -0.586. The number of aromatic nitrogens is 1. The number of allylic oxidation sites excluding steroid dienone is 1. The zero-order valence-electron chi connectivity index (χ0n) is 15.8. The summed E-state index contributed by atoms with van der Waals surface area (Å²) in [6.45, 7) is 3.74. The van der Waals surface area contributed by atoms with E-state index >= 15 is 0 Å². The molecule has 0 aliphatic carbocycles. The van der Waals surface area contributed by atoms with E-state index in [1.54, 1.807) is 48.8 Å². The lowest BCUT2D eigenvalue weighted by Gasteiger charge is -2.23. The van der Waals surface area contributed by atoms with Gasteiger partial charge in [0.25, 0.3) is 5.56 Å². The molecule has 0 amide bonds. The molecule has 8 heteroatoms. The molecule has 1 aliphatic rings. The van der Waals surface area contributed by atoms with Crippen LogP contribution in [0, 0.1) is 0 Å². The minimum Gasteiger partial charge on any atom is -0.507 e. The number of carbonyl (C=O) groups excluding carboxylic acids is 1. The lowest BCUT2D eigenvalue weighted by atomic mass is 10.0. The van der Waals surface area contributed by atoms with Gasteiger partial charge in [-0.15, -0.1) is 11.3 Å². The van der Waals surface area contributed by atoms with Crippen LogP contribution < -0.4 is 14.9 Å². The molecule has 1 aromatic carbocycles. The number of ether oxygens (including phenoxy) is 1. The molecule has 0 radical (unpaired) electrons. The molecule has 1 unspecified atom stereocenters. The van der Waals surface area contributed by atoms with E-state index in [0.717, 1.165) is 4.88 Å². The number of carbonyl (C=O) groups is 1. The van der Waals surface area contributed by atoms with Crippen molar-refractivity contribution in [3.8, 4) is 5.75 Å². The second-order valence-corrected chi connectivity index (χ2v) is 8.36. The molecule has 0 spiro atoms. The molecule has 0 saturated carbocycles. The number of nitrogens with zero attached hydrogens (tertiary/aromatic N) is 2. The van der Waals surface area contributed by atoms with Crippen LogP contribution in [0.4, 0.5) is 0 Å². The van der Waals surface area contributed by atoms with Crippen molar-refractivity contribution >= 4 is 34.7 Å². The van der Waals surface area contributed by atoms with Gasteiger partial charge in [0.2, 0.25) is 0 Å². The normalized spacial score (nSPS) is 16.5. The minimum absolute atomic E-state index is 0.0940. The Kier molecular flexibility index (Phi) is 5.21. The van der Waals surface area contributed by atoms with Gasteiger partial charge in [0.15, 0.2) is 4.80 Å². The third kappa shape index (κ3) is 3.45. The van der Waals surface area contributed by atoms with Crippen molar-refractivity contribution in [2.75, 3.05) is 6.61 Å². The quantitative estimate of drug-likeness (QED) is 0.650. The molecule has 148 valence electrons. The number of phenols is 1. The number of hydrogen-bond donors (Lipinski definition) is 1. The number of rotatable bonds is 4. The first kappa shape index (κ1) is 19.4. The maximum atomic E-state index is 13.3. The monoisotopic (exact) mass is 426 g/mol. The largest absolute Gasteiger partial charge is 0.507 e. The van der Waals surface area contributed by atoms with Gasteiger partial charge in [-0.2, -0.15) is 0 Å². The van der Waals surface area contributed by atoms with E-state index in [9.17, 15) is 14.7 Å². The van der Waals surface area contributed by atoms with Crippen molar-refractivity contribution in [2.24, 2.45) is 4.99 Å². The Labute approximate surface area is 174 Å². The van der Waals surface area contributed by atoms with Gasteiger partial charge >= 0.3 is 5.97 Å². The standard InChI is InChI=1S/C21H18N2O4S2/c1-3-27-20(26)17-12(2)22-21-23(18(17)15-9-6-10-28-15)19(25)16(29-21)11-13-7-4-5-8-14(13)24/h4-11,18,24H,3H2,1-2H3/b16-11+. The van der Waals surface area contributed by atoms with Crippen LogP contribution in [0.5, 0.6) is 5.75 Å². The van der Waals surface area contributed by atoms with Gasteiger partial charge in [0.05, 0.1) is 22.4 Å². The molecule has 1 aliphatic heterocycles. The number of para-hydroxylation sites is 1. The van der Waals surface area contributed by atoms with Crippen LogP contribution in [0.15, 0.2) is 62.8 Å². The van der Waals surface area contributed by atoms with E-state index in [2.05, 4.69) is 4.99 Å². The van der Waals surface area contributed by atoms with Crippen LogP contribution in [0.25, 0.3) is 6.08 Å². The van der Waals surface area contributed by atoms with Gasteiger partial charge in [-0.25, -0.2) is 9.79 Å². The van der Waals surface area contributed by atoms with Crippen LogP contribution >= 0.6 is 22.7 Å². The Morgan fingerprint density at radius 3 is 2.79 bits per heavy atom. The summed E-state index contributed by atoms with van der Waals surface area (Å²) in [5, 5.41) is 12.0. The third-order valence-corrected chi connectivity index (χ3v) is 6.46. The maximum absolute atomic E-state index is 13.3. The molecule has 3 heterocycles. The average Bonchev–Trinajstić information content (AvgIpc) is 3.32. The van der Waals surface area contributed by atoms with Crippen molar-refractivity contribution < 1.29 is 14.6 Å². The summed E-state index contributed by atoms with van der Waals surface area (Å²) in [7, 11) is 0. The zero-order valence-corrected chi connectivity index (χ0v) is 17.4. The SMILES string of the molecule is CCOC(=O)C1=C(C)N=c2s/c(=C/c3ccccc3O)c(=O)n2C1c1cccs1. The molecule has 1 atom stereocenters. The predicted octanol–water partition coefficient (Wildman–Crippen LogP) is 2.57. The summed E-state index contributed by atoms with van der Waals surface area (Å²) >= 11 is 2.70. The summed E-state index contributed by atoms with van der Waals surface area (Å²) < 4.78 is 7.23. The second kappa shape index (κ2) is 7.81. The molecular formula is C21H18N2O4S2. The summed E-state index contributed by atoms with van der Waals surface area (Å²) in [4.78, 5) is 31.9. The first-order valence-corrected chi connectivity index (χ1v) is 10.7. The third-order valence-electron chi connectivity index (χ3n) is 4.55. The van der Waals surface area contributed by atoms with Crippen LogP contribution in [0.3, 0.4) is 0 Å². The molecule has 1 N–H and O–H groups in total. The smallest absolute Gasteiger partial charge is 0.338 e. The summed E-state index contributed by atoms with van der Waals surface area (Å²) in [5.41, 5.74) is 1.20. The highest BCUT2D eigenvalue weighted by atomic mass is 32.1. The summed E-state index contributed by atoms with van der Waals surface area (Å²) in [5.74, 6) is -0.376. The average molecular weight is 427 g/mol. The van der Waals surface area contributed by atoms with Crippen LogP contribution in [0.1, 0.15) is 30.3 Å². The Morgan fingerprint density at radius 1 is 1.31 bits per heavy atom. The second-order valence-electron chi connectivity index (χ2n) is 6.38. The summed E-state index contributed by atoms with van der Waals surface area (Å²) in [6, 6.07) is 10.0. The highest BCUT2D eigenvalue weighted by Crippen LogP contribution is 2.33. The highest BCUT2D eigenvalue weighted by molar-refractivity contribution is 7.10. The molecule has 3 aromatic rings. The number of benzene rings is 1. The lowest BCUT2D eigenvalue weighted by molar-refractivity contribution is -0.139. The molecule has 4 rings (SSSR count). The Bertz CT molecular complexity index is 1280. The molecule has 0 saturated heterocycles. The molecule has 2 aromatic heterocycles. The Morgan fingerprint density at radius 2 is 2.10 bits per heavy atom. The Hall–Kier alpha value is -2.97. The fourth-order valence-electron chi connectivity index (χ4n) is 3.26. The number of phenolic OH excluding ortho intramolecular Hbond substituents is 1. The maximum Gasteiger partial charge on any atom is 0.338 e. The number of aromatic hydroxyl groups is 1. The predicted molar refractivity (Wildman–Crippen MR) is 113 cm³/mol. The molecule has 0 bridgehead atoms. The highest BCUT2D eigenvalue weighted by Gasteiger charge is 2.33. The van der Waals surface area contributed by atoms with Crippen molar-refractivity contribution in [3.05, 3.63) is 83.2 Å². The van der Waals surface area contributed by atoms with E-state index in [-0.39, 0.29) is 17.9 Å². The van der Waals surface area contributed by atoms with Crippen LogP contribution in [0.2, 0.25) is 0 Å². The van der Waals surface area contributed by atoms with Crippen molar-refractivity contribution in [2.45, 2.75) is 19.9 Å². The first-order valence-electron chi connectivity index (χ1n) is 9.02. The van der Waals surface area contributed by atoms with E-state index < -0.39 is 12.0 Å². The van der Waals surface area contributed by atoms with E-state index in [1.165, 1.54) is 22.7 Å². The zero-order chi connectivity index (χ0) is 20.5. The number of hydrogen-bond acceptors (Lipinski definition) is 7. The summed E-state index contributed by atoms with van der Waals surface area (Å²) in [6.07, 6.45) is 1.65. The molecule has 0 fully saturated rings. The van der Waals surface area contributed by atoms with Gasteiger partial charge in [0.1, 0.15) is 11.8 Å². The lowest BCUT2D eigenvalue weighted by Crippen LogP contribution is -2.39. The first-order chi connectivity index (χ1) is 14.0. The van der Waals surface area contributed by atoms with E-state index in [4.69, 9.17) is 4.74 Å².